The molecule has 4 rings (SSSR count). The minimum atomic E-state index is -1.08. The normalized spacial score (nSPS) is 32.3. The van der Waals surface area contributed by atoms with Crippen molar-refractivity contribution in [3.63, 3.8) is 0 Å². The molecule has 4 saturated heterocycles. The van der Waals surface area contributed by atoms with Gasteiger partial charge in [-0.25, -0.2) is 0 Å². The number of likely N-dealkylation sites (tertiary alicyclic amines) is 1. The second kappa shape index (κ2) is 12.3. The van der Waals surface area contributed by atoms with Crippen molar-refractivity contribution in [3.05, 3.63) is 25.3 Å². The van der Waals surface area contributed by atoms with Crippen molar-refractivity contribution in [2.75, 3.05) is 65.7 Å². The van der Waals surface area contributed by atoms with E-state index >= 15 is 0 Å². The SMILES string of the molecule is C=CCOC(=O)[C@@H]1[C@H]2C(=O)N(CCCCO)C(C(=O)N(CC=C)CCN3CCOCC3)C23CC[C@@]1(CC)O3. The first kappa shape index (κ1) is 28.7. The number of carbonyl (C=O) groups excluding carboxylic acids is 3. The number of ether oxygens (including phenoxy) is 3. The van der Waals surface area contributed by atoms with Crippen LogP contribution in [0.3, 0.4) is 0 Å². The minimum Gasteiger partial charge on any atom is -0.461 e. The molecule has 4 heterocycles. The number of aliphatic hydroxyl groups is 1. The number of fused-ring (bicyclic) bond motifs is 1. The Hall–Kier alpha value is -2.27. The summed E-state index contributed by atoms with van der Waals surface area (Å²) in [7, 11) is 0. The molecule has 4 fully saturated rings. The van der Waals surface area contributed by atoms with Gasteiger partial charge in [0.05, 0.1) is 24.7 Å². The molecule has 1 N–H and O–H groups in total. The van der Waals surface area contributed by atoms with Crippen LogP contribution in [-0.4, -0.2) is 121 Å². The maximum absolute atomic E-state index is 14.3. The van der Waals surface area contributed by atoms with Crippen molar-refractivity contribution in [1.82, 2.24) is 14.7 Å². The Morgan fingerprint density at radius 3 is 2.61 bits per heavy atom. The first-order valence-electron chi connectivity index (χ1n) is 14.0. The molecule has 5 atom stereocenters. The van der Waals surface area contributed by atoms with Gasteiger partial charge in [0.2, 0.25) is 11.8 Å². The van der Waals surface area contributed by atoms with Gasteiger partial charge in [-0.2, -0.15) is 0 Å². The molecule has 212 valence electrons. The number of morpholine rings is 1. The standard InChI is InChI=1S/C28H43N3O7/c1-4-11-30(14-13-29-15-19-36-20-16-29)25(34)23-28-10-9-27(6-3,38-28)22(26(35)37-18-5-2)21(28)24(33)31(23)12-7-8-17-32/h4-5,21-23,32H,1-2,6-20H2,3H3/t21-,22-,23?,27+,28?/m0/s1. The highest BCUT2D eigenvalue weighted by molar-refractivity contribution is 5.98. The largest absolute Gasteiger partial charge is 0.461 e. The van der Waals surface area contributed by atoms with Crippen LogP contribution in [0, 0.1) is 11.8 Å². The Balaban J connectivity index is 1.66. The van der Waals surface area contributed by atoms with E-state index in [1.165, 1.54) is 6.08 Å². The maximum Gasteiger partial charge on any atom is 0.313 e. The lowest BCUT2D eigenvalue weighted by Gasteiger charge is -2.37. The van der Waals surface area contributed by atoms with Gasteiger partial charge in [-0.3, -0.25) is 19.3 Å². The van der Waals surface area contributed by atoms with E-state index in [-0.39, 0.29) is 25.0 Å². The second-order valence-corrected chi connectivity index (χ2v) is 10.7. The molecule has 10 heteroatoms. The Morgan fingerprint density at radius 2 is 1.95 bits per heavy atom. The predicted octanol–water partition coefficient (Wildman–Crippen LogP) is 0.990. The second-order valence-electron chi connectivity index (χ2n) is 10.7. The number of aliphatic hydroxyl groups excluding tert-OH is 1. The van der Waals surface area contributed by atoms with Gasteiger partial charge in [0.15, 0.2) is 0 Å². The zero-order chi connectivity index (χ0) is 27.3. The highest BCUT2D eigenvalue weighted by atomic mass is 16.6. The summed E-state index contributed by atoms with van der Waals surface area (Å²) < 4.78 is 17.7. The van der Waals surface area contributed by atoms with Gasteiger partial charge in [-0.05, 0) is 32.1 Å². The van der Waals surface area contributed by atoms with Crippen LogP contribution < -0.4 is 0 Å². The van der Waals surface area contributed by atoms with Crippen LogP contribution >= 0.6 is 0 Å². The van der Waals surface area contributed by atoms with Gasteiger partial charge < -0.3 is 29.1 Å². The van der Waals surface area contributed by atoms with Crippen LogP contribution in [0.4, 0.5) is 0 Å². The molecule has 2 unspecified atom stereocenters. The molecule has 10 nitrogen and oxygen atoms in total. The molecule has 2 amide bonds. The van der Waals surface area contributed by atoms with Crippen LogP contribution in [0.25, 0.3) is 0 Å². The Bertz CT molecular complexity index is 907. The molecule has 4 aliphatic rings. The number of unbranched alkanes of at least 4 members (excludes halogenated alkanes) is 1. The fourth-order valence-electron chi connectivity index (χ4n) is 6.93. The molecule has 38 heavy (non-hydrogen) atoms. The van der Waals surface area contributed by atoms with Gasteiger partial charge >= 0.3 is 5.97 Å². The monoisotopic (exact) mass is 533 g/mol. The third-order valence-electron chi connectivity index (χ3n) is 8.77. The van der Waals surface area contributed by atoms with Crippen molar-refractivity contribution >= 4 is 17.8 Å². The highest BCUT2D eigenvalue weighted by Crippen LogP contribution is 2.64. The molecule has 0 aromatic rings. The van der Waals surface area contributed by atoms with Crippen LogP contribution in [0.15, 0.2) is 25.3 Å². The molecule has 2 bridgehead atoms. The zero-order valence-electron chi connectivity index (χ0n) is 22.6. The molecular weight excluding hydrogens is 490 g/mol. The van der Waals surface area contributed by atoms with Gasteiger partial charge in [0.1, 0.15) is 24.2 Å². The van der Waals surface area contributed by atoms with E-state index in [0.29, 0.717) is 71.5 Å². The van der Waals surface area contributed by atoms with Gasteiger partial charge in [-0.15, -0.1) is 6.58 Å². The lowest BCUT2D eigenvalue weighted by Crippen LogP contribution is -2.57. The van der Waals surface area contributed by atoms with E-state index in [1.54, 1.807) is 15.9 Å². The van der Waals surface area contributed by atoms with Gasteiger partial charge in [0.25, 0.3) is 0 Å². The molecule has 0 saturated carbocycles. The lowest BCUT2D eigenvalue weighted by molar-refractivity contribution is -0.161. The average Bonchev–Trinajstić information content (AvgIpc) is 3.54. The third-order valence-corrected chi connectivity index (χ3v) is 8.77. The maximum atomic E-state index is 14.3. The number of hydrogen-bond donors (Lipinski definition) is 1. The first-order chi connectivity index (χ1) is 18.4. The molecular formula is C28H43N3O7. The van der Waals surface area contributed by atoms with E-state index in [1.807, 2.05) is 6.92 Å². The van der Waals surface area contributed by atoms with Gasteiger partial charge in [0, 0.05) is 45.9 Å². The Kier molecular flexibility index (Phi) is 9.28. The number of esters is 1. The number of carbonyl (C=O) groups is 3. The summed E-state index contributed by atoms with van der Waals surface area (Å²) in [5.74, 6) is -2.42. The minimum absolute atomic E-state index is 0.00328. The molecule has 1 spiro atoms. The number of nitrogens with zero attached hydrogens (tertiary/aromatic N) is 3. The summed E-state index contributed by atoms with van der Waals surface area (Å²) >= 11 is 0. The molecule has 0 radical (unpaired) electrons. The fourth-order valence-corrected chi connectivity index (χ4v) is 6.93. The van der Waals surface area contributed by atoms with Crippen molar-refractivity contribution in [2.24, 2.45) is 11.8 Å². The van der Waals surface area contributed by atoms with Crippen molar-refractivity contribution in [2.45, 2.75) is 56.3 Å². The Morgan fingerprint density at radius 1 is 1.18 bits per heavy atom. The summed E-state index contributed by atoms with van der Waals surface area (Å²) in [5.41, 5.74) is -1.91. The quantitative estimate of drug-likeness (QED) is 0.200. The van der Waals surface area contributed by atoms with Crippen molar-refractivity contribution in [1.29, 1.82) is 0 Å². The number of rotatable bonds is 14. The average molecular weight is 534 g/mol. The summed E-state index contributed by atoms with van der Waals surface area (Å²) in [4.78, 5) is 47.4. The summed E-state index contributed by atoms with van der Waals surface area (Å²) in [6, 6.07) is -0.839. The van der Waals surface area contributed by atoms with E-state index in [0.717, 1.165) is 13.1 Å². The van der Waals surface area contributed by atoms with Crippen molar-refractivity contribution in [3.8, 4) is 0 Å². The highest BCUT2D eigenvalue weighted by Gasteiger charge is 2.79. The van der Waals surface area contributed by atoms with Crippen LogP contribution in [0.1, 0.15) is 39.0 Å². The Labute approximate surface area is 225 Å². The van der Waals surface area contributed by atoms with E-state index in [9.17, 15) is 19.5 Å². The third kappa shape index (κ3) is 5.03. The molecule has 0 aromatic heterocycles. The fraction of sp³-hybridized carbons (Fsp3) is 0.750. The van der Waals surface area contributed by atoms with Crippen LogP contribution in [-0.2, 0) is 28.6 Å². The first-order valence-corrected chi connectivity index (χ1v) is 14.0. The summed E-state index contributed by atoms with van der Waals surface area (Å²) in [5, 5.41) is 9.36. The smallest absolute Gasteiger partial charge is 0.313 e. The molecule has 0 aliphatic carbocycles. The van der Waals surface area contributed by atoms with E-state index in [4.69, 9.17) is 14.2 Å². The van der Waals surface area contributed by atoms with Crippen LogP contribution in [0.5, 0.6) is 0 Å². The van der Waals surface area contributed by atoms with Crippen molar-refractivity contribution < 1.29 is 33.7 Å². The van der Waals surface area contributed by atoms with Crippen LogP contribution in [0.2, 0.25) is 0 Å². The summed E-state index contributed by atoms with van der Waals surface area (Å²) in [6.07, 6.45) is 5.94. The molecule has 0 aromatic carbocycles. The molecule has 4 aliphatic heterocycles. The lowest BCUT2D eigenvalue weighted by atomic mass is 9.65. The zero-order valence-corrected chi connectivity index (χ0v) is 22.6. The number of hydrogen-bond acceptors (Lipinski definition) is 8. The topological polar surface area (TPSA) is 109 Å². The number of amides is 2. The van der Waals surface area contributed by atoms with E-state index in [2.05, 4.69) is 18.1 Å². The summed E-state index contributed by atoms with van der Waals surface area (Å²) in [6.45, 7) is 14.3. The predicted molar refractivity (Wildman–Crippen MR) is 140 cm³/mol. The van der Waals surface area contributed by atoms with E-state index < -0.39 is 35.0 Å². The van der Waals surface area contributed by atoms with Gasteiger partial charge in [-0.1, -0.05) is 25.7 Å².